The van der Waals surface area contributed by atoms with Crippen molar-refractivity contribution in [2.45, 2.75) is 85.0 Å². The first-order valence-electron chi connectivity index (χ1n) is 12.8. The molecule has 3 aliphatic rings. The van der Waals surface area contributed by atoms with E-state index in [2.05, 4.69) is 9.97 Å². The minimum atomic E-state index is -4.01. The first-order valence-corrected chi connectivity index (χ1v) is 15.2. The molecule has 1 saturated heterocycles. The lowest BCUT2D eigenvalue weighted by Crippen LogP contribution is -2.39. The monoisotopic (exact) mass is 550 g/mol. The van der Waals surface area contributed by atoms with Crippen molar-refractivity contribution in [2.75, 3.05) is 13.1 Å². The van der Waals surface area contributed by atoms with Crippen LogP contribution in [0.2, 0.25) is 0 Å². The average molecular weight is 551 g/mol. The van der Waals surface area contributed by atoms with Gasteiger partial charge >= 0.3 is 0 Å². The number of aromatic nitrogens is 2. The molecule has 0 bridgehead atoms. The van der Waals surface area contributed by atoms with Crippen molar-refractivity contribution in [3.05, 3.63) is 41.5 Å². The van der Waals surface area contributed by atoms with Gasteiger partial charge in [-0.15, -0.1) is 0 Å². The van der Waals surface area contributed by atoms with Crippen molar-refractivity contribution in [3.63, 3.8) is 0 Å². The maximum Gasteiger partial charge on any atom is 0.257 e. The Morgan fingerprint density at radius 1 is 1.05 bits per heavy atom. The van der Waals surface area contributed by atoms with Crippen LogP contribution in [0.25, 0.3) is 0 Å². The maximum atomic E-state index is 14.4. The lowest BCUT2D eigenvalue weighted by molar-refractivity contribution is -0.253. The summed E-state index contributed by atoms with van der Waals surface area (Å²) in [5, 5.41) is 5.22. The van der Waals surface area contributed by atoms with E-state index < -0.39 is 15.8 Å². The predicted molar refractivity (Wildman–Crippen MR) is 135 cm³/mol. The average Bonchev–Trinajstić information content (AvgIpc) is 3.74. The van der Waals surface area contributed by atoms with Crippen molar-refractivity contribution in [3.8, 4) is 5.88 Å². The predicted octanol–water partition coefficient (Wildman–Crippen LogP) is 4.18. The van der Waals surface area contributed by atoms with E-state index >= 15 is 0 Å². The molecule has 0 spiro atoms. The van der Waals surface area contributed by atoms with Crippen LogP contribution in [0.5, 0.6) is 5.88 Å². The summed E-state index contributed by atoms with van der Waals surface area (Å²) in [5.41, 5.74) is 1.40. The topological polar surface area (TPSA) is 125 Å². The second-order valence-corrected chi connectivity index (χ2v) is 12.8. The zero-order valence-corrected chi connectivity index (χ0v) is 22.1. The number of thioether (sulfide) groups is 1. The molecule has 2 aliphatic carbocycles. The summed E-state index contributed by atoms with van der Waals surface area (Å²) in [7, 11) is -4.01. The van der Waals surface area contributed by atoms with Crippen LogP contribution in [0.3, 0.4) is 0 Å². The quantitative estimate of drug-likeness (QED) is 0.383. The lowest BCUT2D eigenvalue weighted by Gasteiger charge is -2.31. The summed E-state index contributed by atoms with van der Waals surface area (Å²) in [6.45, 7) is 1.03. The Labute approximate surface area is 220 Å². The van der Waals surface area contributed by atoms with Gasteiger partial charge in [0.25, 0.3) is 11.8 Å². The number of nitrogens with two attached hydrogens (primary N) is 1. The third-order valence-electron chi connectivity index (χ3n) is 7.00. The van der Waals surface area contributed by atoms with Gasteiger partial charge in [-0.3, -0.25) is 4.79 Å². The number of hydrogen-bond acceptors (Lipinski definition) is 8. The molecule has 5 rings (SSSR count). The molecular weight excluding hydrogens is 519 g/mol. The zero-order chi connectivity index (χ0) is 26.0. The van der Waals surface area contributed by atoms with Crippen molar-refractivity contribution in [2.24, 2.45) is 5.14 Å². The van der Waals surface area contributed by atoms with Crippen LogP contribution in [-0.2, 0) is 14.9 Å². The second-order valence-electron chi connectivity index (χ2n) is 9.95. The number of amides is 1. The Hall–Kier alpha value is -2.28. The van der Waals surface area contributed by atoms with Crippen molar-refractivity contribution in [1.29, 1.82) is 0 Å². The number of pyridine rings is 2. The van der Waals surface area contributed by atoms with E-state index in [0.29, 0.717) is 43.3 Å². The fraction of sp³-hybridized carbons (Fsp3) is 0.560. The minimum Gasteiger partial charge on any atom is -0.339 e. The highest BCUT2D eigenvalue weighted by Gasteiger charge is 2.30. The zero-order valence-electron chi connectivity index (χ0n) is 20.5. The minimum absolute atomic E-state index is 0.0497. The summed E-state index contributed by atoms with van der Waals surface area (Å²) in [6.07, 6.45) is 9.97. The number of nitrogens with zero attached hydrogens (tertiary/aromatic N) is 3. The Kier molecular flexibility index (Phi) is 7.99. The molecule has 3 fully saturated rings. The largest absolute Gasteiger partial charge is 0.339 e. The van der Waals surface area contributed by atoms with Crippen LogP contribution in [-0.4, -0.2) is 53.6 Å². The standard InChI is InChI=1S/C25H31FN4O5S2/c26-21-14-20(37(27,32)33)15-28-24(21)36-19-8-10-30(11-9-19)25(31)17-12-22(16-6-7-16)29-23(13-17)35-34-18-4-2-1-3-5-18/h12-16,18-19H,1-11H2,(H2,27,32,33). The molecule has 2 aromatic rings. The molecule has 2 aromatic heterocycles. The molecular formula is C25H31FN4O5S2. The third-order valence-corrected chi connectivity index (χ3v) is 9.21. The molecule has 1 aliphatic heterocycles. The number of carbonyl (C=O) groups excluding carboxylic acids is 1. The SMILES string of the molecule is NS(=O)(=O)c1cnc(SC2CCN(C(=O)c3cc(OOC4CCCCC4)nc(C4CC4)c3)CC2)c(F)c1. The Morgan fingerprint density at radius 2 is 1.78 bits per heavy atom. The van der Waals surface area contributed by atoms with Crippen LogP contribution in [0.15, 0.2) is 34.3 Å². The van der Waals surface area contributed by atoms with Gasteiger partial charge in [0, 0.05) is 47.8 Å². The summed E-state index contributed by atoms with van der Waals surface area (Å²) < 4.78 is 37.2. The molecule has 9 nitrogen and oxygen atoms in total. The summed E-state index contributed by atoms with van der Waals surface area (Å²) in [5.74, 6) is -0.123. The smallest absolute Gasteiger partial charge is 0.257 e. The first kappa shape index (κ1) is 26.3. The number of sulfonamides is 1. The van der Waals surface area contributed by atoms with Gasteiger partial charge in [-0.1, -0.05) is 31.0 Å². The number of halogens is 1. The van der Waals surface area contributed by atoms with E-state index in [-0.39, 0.29) is 27.2 Å². The van der Waals surface area contributed by atoms with E-state index in [1.165, 1.54) is 18.2 Å². The number of rotatable bonds is 8. The molecule has 0 aromatic carbocycles. The van der Waals surface area contributed by atoms with Crippen LogP contribution in [0.1, 0.15) is 79.8 Å². The fourth-order valence-corrected chi connectivity index (χ4v) is 6.24. The Bertz CT molecular complexity index is 1240. The van der Waals surface area contributed by atoms with E-state index in [9.17, 15) is 17.6 Å². The maximum absolute atomic E-state index is 14.4. The molecule has 0 unspecified atom stereocenters. The van der Waals surface area contributed by atoms with Crippen molar-refractivity contribution < 1.29 is 27.4 Å². The Balaban J connectivity index is 1.20. The van der Waals surface area contributed by atoms with Gasteiger partial charge in [0.15, 0.2) is 5.82 Å². The van der Waals surface area contributed by atoms with Crippen LogP contribution in [0.4, 0.5) is 4.39 Å². The van der Waals surface area contributed by atoms with Gasteiger partial charge in [0.2, 0.25) is 10.0 Å². The van der Waals surface area contributed by atoms with Crippen molar-refractivity contribution >= 4 is 27.7 Å². The molecule has 2 saturated carbocycles. The molecule has 2 N–H and O–H groups in total. The molecule has 1 amide bonds. The second kappa shape index (κ2) is 11.2. The number of hydrogen-bond donors (Lipinski definition) is 1. The Morgan fingerprint density at radius 3 is 2.43 bits per heavy atom. The van der Waals surface area contributed by atoms with Crippen LogP contribution < -0.4 is 10.0 Å². The highest BCUT2D eigenvalue weighted by Crippen LogP contribution is 2.40. The van der Waals surface area contributed by atoms with Gasteiger partial charge in [-0.25, -0.2) is 27.9 Å². The normalized spacial score (nSPS) is 19.7. The van der Waals surface area contributed by atoms with Gasteiger partial charge in [-0.05, 0) is 50.7 Å². The molecule has 0 atom stereocenters. The van der Waals surface area contributed by atoms with E-state index in [0.717, 1.165) is 56.5 Å². The summed E-state index contributed by atoms with van der Waals surface area (Å²) in [4.78, 5) is 34.6. The van der Waals surface area contributed by atoms with E-state index in [4.69, 9.17) is 14.9 Å². The molecule has 3 heterocycles. The number of primary sulfonamides is 1. The van der Waals surface area contributed by atoms with Gasteiger partial charge in [0.05, 0.1) is 0 Å². The summed E-state index contributed by atoms with van der Waals surface area (Å²) in [6, 6.07) is 4.41. The van der Waals surface area contributed by atoms with Crippen molar-refractivity contribution in [1.82, 2.24) is 14.9 Å². The number of piperidine rings is 1. The van der Waals surface area contributed by atoms with Gasteiger partial charge in [-0.2, -0.15) is 4.89 Å². The fourth-order valence-electron chi connectivity index (χ4n) is 4.73. The van der Waals surface area contributed by atoms with Crippen LogP contribution >= 0.6 is 11.8 Å². The van der Waals surface area contributed by atoms with E-state index in [1.807, 2.05) is 6.07 Å². The number of carbonyl (C=O) groups is 1. The molecule has 12 heteroatoms. The lowest BCUT2D eigenvalue weighted by atomic mass is 9.98. The molecule has 37 heavy (non-hydrogen) atoms. The van der Waals surface area contributed by atoms with Gasteiger partial charge in [0.1, 0.15) is 16.0 Å². The first-order chi connectivity index (χ1) is 17.8. The highest BCUT2D eigenvalue weighted by atomic mass is 32.2. The molecule has 200 valence electrons. The van der Waals surface area contributed by atoms with Gasteiger partial charge < -0.3 is 9.79 Å². The number of likely N-dealkylation sites (tertiary alicyclic amines) is 1. The van der Waals surface area contributed by atoms with E-state index in [1.54, 1.807) is 11.0 Å². The highest BCUT2D eigenvalue weighted by molar-refractivity contribution is 7.99. The van der Waals surface area contributed by atoms with Crippen LogP contribution in [0, 0.1) is 5.82 Å². The third kappa shape index (κ3) is 6.78. The molecule has 0 radical (unpaired) electrons. The summed E-state index contributed by atoms with van der Waals surface area (Å²) >= 11 is 1.25.